The van der Waals surface area contributed by atoms with Gasteiger partial charge in [-0.05, 0) is 23.8 Å². The van der Waals surface area contributed by atoms with Crippen molar-refractivity contribution in [3.8, 4) is 0 Å². The number of aromatic nitrogens is 1. The Balaban J connectivity index is 1.80. The molecule has 4 nitrogen and oxygen atoms in total. The van der Waals surface area contributed by atoms with Gasteiger partial charge in [0.05, 0.1) is 12.7 Å². The van der Waals surface area contributed by atoms with Gasteiger partial charge in [0.15, 0.2) is 5.58 Å². The number of nitrogens with zero attached hydrogens (tertiary/aromatic N) is 1. The van der Waals surface area contributed by atoms with Crippen molar-refractivity contribution in [2.75, 3.05) is 7.11 Å². The molecular formula is C16H13NO3S. The minimum atomic E-state index is -0.330. The van der Waals surface area contributed by atoms with E-state index in [-0.39, 0.29) is 5.97 Å². The first-order chi connectivity index (χ1) is 10.3. The van der Waals surface area contributed by atoms with Crippen molar-refractivity contribution in [1.82, 2.24) is 4.98 Å². The second-order valence-electron chi connectivity index (χ2n) is 4.38. The summed E-state index contributed by atoms with van der Waals surface area (Å²) >= 11 is 1.46. The molecule has 21 heavy (non-hydrogen) atoms. The lowest BCUT2D eigenvalue weighted by molar-refractivity contribution is 0.0600. The first-order valence-corrected chi connectivity index (χ1v) is 7.41. The number of methoxy groups -OCH3 is 1. The zero-order valence-electron chi connectivity index (χ0n) is 11.4. The van der Waals surface area contributed by atoms with E-state index < -0.39 is 0 Å². The summed E-state index contributed by atoms with van der Waals surface area (Å²) in [7, 11) is 1.38. The van der Waals surface area contributed by atoms with E-state index in [4.69, 9.17) is 9.15 Å². The topological polar surface area (TPSA) is 52.3 Å². The number of para-hydroxylation sites is 2. The molecule has 1 heterocycles. The zero-order chi connectivity index (χ0) is 14.7. The molecule has 2 aromatic carbocycles. The third-order valence-corrected chi connectivity index (χ3v) is 3.92. The zero-order valence-corrected chi connectivity index (χ0v) is 12.2. The smallest absolute Gasteiger partial charge is 0.338 e. The monoisotopic (exact) mass is 299 g/mol. The van der Waals surface area contributed by atoms with Crippen LogP contribution in [-0.2, 0) is 10.5 Å². The number of thioether (sulfide) groups is 1. The predicted octanol–water partition coefficient (Wildman–Crippen LogP) is 3.91. The highest BCUT2D eigenvalue weighted by Gasteiger charge is 2.12. The number of oxazole rings is 1. The molecule has 0 aliphatic carbocycles. The van der Waals surface area contributed by atoms with Crippen LogP contribution in [0.2, 0.25) is 0 Å². The highest BCUT2D eigenvalue weighted by atomic mass is 32.2. The van der Waals surface area contributed by atoms with E-state index in [0.29, 0.717) is 16.5 Å². The summed E-state index contributed by atoms with van der Waals surface area (Å²) in [6.07, 6.45) is 0. The van der Waals surface area contributed by atoms with Gasteiger partial charge in [0.25, 0.3) is 5.22 Å². The van der Waals surface area contributed by atoms with Crippen LogP contribution >= 0.6 is 11.8 Å². The summed E-state index contributed by atoms with van der Waals surface area (Å²) in [5.41, 5.74) is 3.07. The summed E-state index contributed by atoms with van der Waals surface area (Å²) in [5.74, 6) is 0.265. The van der Waals surface area contributed by atoms with Crippen LogP contribution in [0.3, 0.4) is 0 Å². The number of esters is 1. The van der Waals surface area contributed by atoms with Gasteiger partial charge in [-0.2, -0.15) is 0 Å². The Morgan fingerprint density at radius 2 is 1.95 bits per heavy atom. The SMILES string of the molecule is COC(=O)c1ccccc1CSc1nc2ccccc2o1. The third-order valence-electron chi connectivity index (χ3n) is 3.05. The Morgan fingerprint density at radius 3 is 2.76 bits per heavy atom. The maximum absolute atomic E-state index is 11.7. The predicted molar refractivity (Wildman–Crippen MR) is 81.4 cm³/mol. The van der Waals surface area contributed by atoms with E-state index in [1.165, 1.54) is 18.9 Å². The number of carbonyl (C=O) groups excluding carboxylic acids is 1. The van der Waals surface area contributed by atoms with E-state index in [1.54, 1.807) is 6.07 Å². The lowest BCUT2D eigenvalue weighted by Gasteiger charge is -2.05. The largest absolute Gasteiger partial charge is 0.465 e. The standard InChI is InChI=1S/C16H13NO3S/c1-19-15(18)12-7-3-2-6-11(12)10-21-16-17-13-8-4-5-9-14(13)20-16/h2-9H,10H2,1H3. The minimum Gasteiger partial charge on any atom is -0.465 e. The fraction of sp³-hybridized carbons (Fsp3) is 0.125. The highest BCUT2D eigenvalue weighted by Crippen LogP contribution is 2.27. The molecule has 5 heteroatoms. The Morgan fingerprint density at radius 1 is 1.19 bits per heavy atom. The third kappa shape index (κ3) is 2.92. The number of hydrogen-bond acceptors (Lipinski definition) is 5. The van der Waals surface area contributed by atoms with Crippen molar-refractivity contribution in [2.24, 2.45) is 0 Å². The van der Waals surface area contributed by atoms with Gasteiger partial charge in [-0.1, -0.05) is 42.1 Å². The van der Waals surface area contributed by atoms with Gasteiger partial charge in [0.1, 0.15) is 5.52 Å². The Kier molecular flexibility index (Phi) is 3.92. The summed E-state index contributed by atoms with van der Waals surface area (Å²) in [6.45, 7) is 0. The molecular weight excluding hydrogens is 286 g/mol. The summed E-state index contributed by atoms with van der Waals surface area (Å²) in [5, 5.41) is 0.593. The minimum absolute atomic E-state index is 0.330. The Bertz CT molecular complexity index is 749. The van der Waals surface area contributed by atoms with Crippen LogP contribution in [0.15, 0.2) is 58.2 Å². The van der Waals surface area contributed by atoms with Gasteiger partial charge in [-0.25, -0.2) is 9.78 Å². The van der Waals surface area contributed by atoms with Gasteiger partial charge in [-0.15, -0.1) is 0 Å². The lowest BCUT2D eigenvalue weighted by Crippen LogP contribution is -2.04. The summed E-state index contributed by atoms with van der Waals surface area (Å²) in [4.78, 5) is 16.1. The van der Waals surface area contributed by atoms with Gasteiger partial charge in [-0.3, -0.25) is 0 Å². The molecule has 0 N–H and O–H groups in total. The van der Waals surface area contributed by atoms with Crippen LogP contribution in [0, 0.1) is 0 Å². The average molecular weight is 299 g/mol. The maximum Gasteiger partial charge on any atom is 0.338 e. The molecule has 0 bridgehead atoms. The normalized spacial score (nSPS) is 10.7. The van der Waals surface area contributed by atoms with Crippen LogP contribution in [0.4, 0.5) is 0 Å². The molecule has 0 fully saturated rings. The molecule has 0 saturated heterocycles. The van der Waals surface area contributed by atoms with Crippen molar-refractivity contribution in [3.63, 3.8) is 0 Å². The highest BCUT2D eigenvalue weighted by molar-refractivity contribution is 7.98. The Labute approximate surface area is 126 Å². The van der Waals surface area contributed by atoms with Crippen LogP contribution in [-0.4, -0.2) is 18.1 Å². The van der Waals surface area contributed by atoms with Crippen LogP contribution < -0.4 is 0 Å². The van der Waals surface area contributed by atoms with Crippen LogP contribution in [0.1, 0.15) is 15.9 Å². The molecule has 3 aromatic rings. The molecule has 0 saturated carbocycles. The van der Waals surface area contributed by atoms with Crippen molar-refractivity contribution in [1.29, 1.82) is 0 Å². The van der Waals surface area contributed by atoms with Gasteiger partial charge >= 0.3 is 5.97 Å². The molecule has 3 rings (SSSR count). The number of hydrogen-bond donors (Lipinski definition) is 0. The molecule has 0 radical (unpaired) electrons. The first kappa shape index (κ1) is 13.7. The van der Waals surface area contributed by atoms with Crippen LogP contribution in [0.5, 0.6) is 0 Å². The molecule has 0 spiro atoms. The number of fused-ring (bicyclic) bond motifs is 1. The lowest BCUT2D eigenvalue weighted by atomic mass is 10.1. The van der Waals surface area contributed by atoms with Crippen LogP contribution in [0.25, 0.3) is 11.1 Å². The van der Waals surface area contributed by atoms with Gasteiger partial charge < -0.3 is 9.15 Å². The van der Waals surface area contributed by atoms with Crippen molar-refractivity contribution >= 4 is 28.8 Å². The molecule has 106 valence electrons. The van der Waals surface area contributed by atoms with E-state index in [2.05, 4.69) is 4.98 Å². The number of ether oxygens (including phenoxy) is 1. The second-order valence-corrected chi connectivity index (χ2v) is 5.31. The van der Waals surface area contributed by atoms with Gasteiger partial charge in [0, 0.05) is 5.75 Å². The first-order valence-electron chi connectivity index (χ1n) is 6.42. The van der Waals surface area contributed by atoms with Crippen molar-refractivity contribution < 1.29 is 13.9 Å². The molecule has 0 aliphatic rings. The van der Waals surface area contributed by atoms with Crippen molar-refractivity contribution in [3.05, 3.63) is 59.7 Å². The quantitative estimate of drug-likeness (QED) is 0.540. The Hall–Kier alpha value is -2.27. The average Bonchev–Trinajstić information content (AvgIpc) is 2.95. The number of benzene rings is 2. The number of rotatable bonds is 4. The van der Waals surface area contributed by atoms with E-state index in [9.17, 15) is 4.79 Å². The van der Waals surface area contributed by atoms with E-state index in [1.807, 2.05) is 42.5 Å². The fourth-order valence-electron chi connectivity index (χ4n) is 2.01. The van der Waals surface area contributed by atoms with E-state index in [0.717, 1.165) is 16.7 Å². The molecule has 0 aliphatic heterocycles. The number of carbonyl (C=O) groups is 1. The second kappa shape index (κ2) is 6.01. The van der Waals surface area contributed by atoms with Crippen molar-refractivity contribution in [2.45, 2.75) is 11.0 Å². The molecule has 1 aromatic heterocycles. The van der Waals surface area contributed by atoms with E-state index >= 15 is 0 Å². The fourth-order valence-corrected chi connectivity index (χ4v) is 2.85. The molecule has 0 atom stereocenters. The summed E-state index contributed by atoms with van der Waals surface area (Å²) in [6, 6.07) is 15.0. The maximum atomic E-state index is 11.7. The molecule has 0 amide bonds. The molecule has 0 unspecified atom stereocenters. The summed E-state index contributed by atoms with van der Waals surface area (Å²) < 4.78 is 10.4. The van der Waals surface area contributed by atoms with Gasteiger partial charge in [0.2, 0.25) is 0 Å².